The van der Waals surface area contributed by atoms with Crippen LogP contribution in [0.2, 0.25) is 0 Å². The van der Waals surface area contributed by atoms with Crippen molar-refractivity contribution in [2.75, 3.05) is 6.01 Å². The Labute approximate surface area is 86.6 Å². The zero-order valence-electron chi connectivity index (χ0n) is 7.80. The number of rotatable bonds is 3. The van der Waals surface area contributed by atoms with Gasteiger partial charge in [0.05, 0.1) is 6.04 Å². The topological polar surface area (TPSA) is 63.7 Å². The van der Waals surface area contributed by atoms with E-state index in [0.717, 1.165) is 6.42 Å². The minimum atomic E-state index is -4.20. The van der Waals surface area contributed by atoms with Gasteiger partial charge in [-0.1, -0.05) is 6.08 Å². The smallest absolute Gasteiger partial charge is 0.297 e. The van der Waals surface area contributed by atoms with Crippen LogP contribution in [0.4, 0.5) is 4.39 Å². The van der Waals surface area contributed by atoms with Crippen molar-refractivity contribution < 1.29 is 21.8 Å². The van der Waals surface area contributed by atoms with Crippen LogP contribution in [0.25, 0.3) is 0 Å². The second-order valence-electron chi connectivity index (χ2n) is 3.46. The summed E-state index contributed by atoms with van der Waals surface area (Å²) in [6, 6.07) is -1.86. The van der Waals surface area contributed by atoms with Crippen LogP contribution in [0.1, 0.15) is 12.8 Å². The molecule has 2 atom stereocenters. The lowest BCUT2D eigenvalue weighted by atomic mass is 9.92. The molecule has 0 aromatic rings. The van der Waals surface area contributed by atoms with E-state index < -0.39 is 28.1 Å². The Morgan fingerprint density at radius 1 is 1.60 bits per heavy atom. The fourth-order valence-electron chi connectivity index (χ4n) is 1.76. The summed E-state index contributed by atoms with van der Waals surface area (Å²) in [6.45, 7) is 0. The summed E-state index contributed by atoms with van der Waals surface area (Å²) in [5, 5.41) is 0. The number of alkyl halides is 1. The Bertz CT molecular complexity index is 405. The highest BCUT2D eigenvalue weighted by atomic mass is 32.2. The van der Waals surface area contributed by atoms with Crippen molar-refractivity contribution >= 4 is 16.0 Å². The standard InChI is InChI=1S/C8H10FNO4S/c9-5-15(12,13)14-7-6-3-1-2-4-10(6)8(7)11/h2,4,6-7H,1,3,5H2/t6-,7?/m0/s1. The van der Waals surface area contributed by atoms with Gasteiger partial charge in [-0.25, -0.2) is 4.39 Å². The lowest BCUT2D eigenvalue weighted by Crippen LogP contribution is -2.64. The monoisotopic (exact) mass is 235 g/mol. The lowest BCUT2D eigenvalue weighted by Gasteiger charge is -2.45. The van der Waals surface area contributed by atoms with Crippen LogP contribution in [-0.4, -0.2) is 37.4 Å². The SMILES string of the molecule is O=C1C(OS(=O)(=O)CF)[C@@H]2CCC=CN12. The van der Waals surface area contributed by atoms with Gasteiger partial charge in [-0.05, 0) is 12.8 Å². The second kappa shape index (κ2) is 3.57. The van der Waals surface area contributed by atoms with E-state index in [1.54, 1.807) is 6.20 Å². The molecule has 2 aliphatic heterocycles. The fourth-order valence-corrected chi connectivity index (χ4v) is 2.34. The van der Waals surface area contributed by atoms with Crippen molar-refractivity contribution in [1.82, 2.24) is 4.90 Å². The van der Waals surface area contributed by atoms with Crippen LogP contribution < -0.4 is 0 Å². The molecule has 5 nitrogen and oxygen atoms in total. The molecule has 2 heterocycles. The number of carbonyl (C=O) groups excluding carboxylic acids is 1. The normalized spacial score (nSPS) is 29.9. The summed E-state index contributed by atoms with van der Waals surface area (Å²) in [7, 11) is -4.20. The van der Waals surface area contributed by atoms with Crippen molar-refractivity contribution in [3.8, 4) is 0 Å². The van der Waals surface area contributed by atoms with Crippen LogP contribution in [0, 0.1) is 0 Å². The molecule has 15 heavy (non-hydrogen) atoms. The van der Waals surface area contributed by atoms with Crippen molar-refractivity contribution in [2.24, 2.45) is 0 Å². The van der Waals surface area contributed by atoms with E-state index in [1.165, 1.54) is 4.90 Å². The summed E-state index contributed by atoms with van der Waals surface area (Å²) < 4.78 is 38.1. The maximum Gasteiger partial charge on any atom is 0.297 e. The van der Waals surface area contributed by atoms with Crippen molar-refractivity contribution in [3.63, 3.8) is 0 Å². The number of hydrogen-bond donors (Lipinski definition) is 0. The van der Waals surface area contributed by atoms with Gasteiger partial charge in [0, 0.05) is 6.20 Å². The number of nitrogens with zero attached hydrogens (tertiary/aromatic N) is 1. The van der Waals surface area contributed by atoms with Gasteiger partial charge in [0.15, 0.2) is 6.10 Å². The molecular weight excluding hydrogens is 225 g/mol. The summed E-state index contributed by atoms with van der Waals surface area (Å²) in [6.07, 6.45) is 3.82. The number of hydrogen-bond acceptors (Lipinski definition) is 4. The number of fused-ring (bicyclic) bond motifs is 1. The van der Waals surface area contributed by atoms with Gasteiger partial charge >= 0.3 is 0 Å². The fraction of sp³-hybridized carbons (Fsp3) is 0.625. The second-order valence-corrected chi connectivity index (χ2v) is 4.98. The molecule has 1 saturated heterocycles. The first kappa shape index (κ1) is 10.6. The highest BCUT2D eigenvalue weighted by Crippen LogP contribution is 2.31. The third-order valence-electron chi connectivity index (χ3n) is 2.48. The predicted octanol–water partition coefficient (Wildman–Crippen LogP) is 0.147. The zero-order chi connectivity index (χ0) is 11.1. The first-order chi connectivity index (χ1) is 7.05. The molecule has 1 amide bonds. The van der Waals surface area contributed by atoms with Gasteiger partial charge in [-0.15, -0.1) is 0 Å². The molecule has 7 heteroatoms. The molecule has 1 unspecified atom stereocenters. The zero-order valence-corrected chi connectivity index (χ0v) is 8.61. The number of β-lactam (4-membered cyclic amide) rings is 1. The third kappa shape index (κ3) is 1.76. The highest BCUT2D eigenvalue weighted by Gasteiger charge is 2.49. The van der Waals surface area contributed by atoms with Gasteiger partial charge in [0.2, 0.25) is 6.01 Å². The summed E-state index contributed by atoms with van der Waals surface area (Å²) >= 11 is 0. The summed E-state index contributed by atoms with van der Waals surface area (Å²) in [5.41, 5.74) is 0. The van der Waals surface area contributed by atoms with E-state index in [4.69, 9.17) is 0 Å². The molecule has 0 aromatic heterocycles. The minimum Gasteiger partial charge on any atom is -0.311 e. The molecule has 0 spiro atoms. The van der Waals surface area contributed by atoms with Crippen LogP contribution >= 0.6 is 0 Å². The molecule has 2 rings (SSSR count). The number of amides is 1. The molecule has 0 bridgehead atoms. The van der Waals surface area contributed by atoms with Crippen molar-refractivity contribution in [1.29, 1.82) is 0 Å². The molecule has 0 aromatic carbocycles. The van der Waals surface area contributed by atoms with Gasteiger partial charge in [-0.3, -0.25) is 8.98 Å². The third-order valence-corrected chi connectivity index (χ3v) is 3.25. The largest absolute Gasteiger partial charge is 0.311 e. The minimum absolute atomic E-state index is 0.260. The van der Waals surface area contributed by atoms with E-state index in [0.29, 0.717) is 6.42 Å². The van der Waals surface area contributed by atoms with E-state index in [2.05, 4.69) is 4.18 Å². The van der Waals surface area contributed by atoms with E-state index in [9.17, 15) is 17.6 Å². The molecule has 0 saturated carbocycles. The Hall–Kier alpha value is -0.950. The van der Waals surface area contributed by atoms with Gasteiger partial charge in [0.25, 0.3) is 16.0 Å². The van der Waals surface area contributed by atoms with E-state index in [-0.39, 0.29) is 6.04 Å². The average Bonchev–Trinajstić information content (AvgIpc) is 2.26. The maximum absolute atomic E-state index is 12.0. The molecular formula is C8H10FNO4S. The Morgan fingerprint density at radius 2 is 2.33 bits per heavy atom. The maximum atomic E-state index is 12.0. The lowest BCUT2D eigenvalue weighted by molar-refractivity contribution is -0.158. The van der Waals surface area contributed by atoms with Gasteiger partial charge in [0.1, 0.15) is 0 Å². The molecule has 0 radical (unpaired) electrons. The van der Waals surface area contributed by atoms with E-state index >= 15 is 0 Å². The molecule has 0 aliphatic carbocycles. The van der Waals surface area contributed by atoms with Crippen LogP contribution in [0.15, 0.2) is 12.3 Å². The molecule has 0 N–H and O–H groups in total. The van der Waals surface area contributed by atoms with Gasteiger partial charge in [-0.2, -0.15) is 8.42 Å². The first-order valence-electron chi connectivity index (χ1n) is 4.51. The quantitative estimate of drug-likeness (QED) is 0.516. The van der Waals surface area contributed by atoms with E-state index in [1.807, 2.05) is 6.08 Å². The number of halogens is 1. The number of allylic oxidation sites excluding steroid dienone is 1. The van der Waals surface area contributed by atoms with Crippen molar-refractivity contribution in [2.45, 2.75) is 25.0 Å². The molecule has 1 fully saturated rings. The Balaban J connectivity index is 2.07. The van der Waals surface area contributed by atoms with Gasteiger partial charge < -0.3 is 4.90 Å². The first-order valence-corrected chi connectivity index (χ1v) is 6.08. The summed E-state index contributed by atoms with van der Waals surface area (Å²) in [4.78, 5) is 12.8. The Morgan fingerprint density at radius 3 is 3.00 bits per heavy atom. The molecule has 2 aliphatic rings. The van der Waals surface area contributed by atoms with Crippen molar-refractivity contribution in [3.05, 3.63) is 12.3 Å². The van der Waals surface area contributed by atoms with Crippen LogP contribution in [0.3, 0.4) is 0 Å². The average molecular weight is 235 g/mol. The predicted molar refractivity (Wildman–Crippen MR) is 48.8 cm³/mol. The molecule has 84 valence electrons. The Kier molecular flexibility index (Phi) is 2.51. The highest BCUT2D eigenvalue weighted by molar-refractivity contribution is 7.86. The van der Waals surface area contributed by atoms with Crippen LogP contribution in [-0.2, 0) is 19.1 Å². The number of carbonyl (C=O) groups is 1. The van der Waals surface area contributed by atoms with Crippen LogP contribution in [0.5, 0.6) is 0 Å². The summed E-state index contributed by atoms with van der Waals surface area (Å²) in [5.74, 6) is -0.423.